The van der Waals surface area contributed by atoms with Crippen LogP contribution in [0.15, 0.2) is 18.2 Å². The Kier molecular flexibility index (Phi) is 3.55. The van der Waals surface area contributed by atoms with E-state index in [1.54, 1.807) is 0 Å². The van der Waals surface area contributed by atoms with Crippen molar-refractivity contribution in [2.75, 3.05) is 13.1 Å². The molecule has 1 aliphatic heterocycles. The molecule has 1 aromatic rings. The zero-order chi connectivity index (χ0) is 10.8. The highest BCUT2D eigenvalue weighted by atomic mass is 35.5. The normalized spacial score (nSPS) is 19.4. The van der Waals surface area contributed by atoms with Gasteiger partial charge >= 0.3 is 0 Å². The highest BCUT2D eigenvalue weighted by Crippen LogP contribution is 2.29. The second kappa shape index (κ2) is 4.73. The van der Waals surface area contributed by atoms with Crippen molar-refractivity contribution in [2.24, 2.45) is 0 Å². The standard InChI is InChI=1S/C12H15Cl2N/c1-9(15-6-2-3-7-15)10-4-5-11(13)12(14)8-10/h4-5,8-9H,2-3,6-7H2,1H3. The summed E-state index contributed by atoms with van der Waals surface area (Å²) in [7, 11) is 0. The van der Waals surface area contributed by atoms with Crippen LogP contribution < -0.4 is 0 Å². The summed E-state index contributed by atoms with van der Waals surface area (Å²) >= 11 is 11.9. The summed E-state index contributed by atoms with van der Waals surface area (Å²) in [5.41, 5.74) is 1.26. The molecule has 2 rings (SSSR count). The molecule has 1 aromatic carbocycles. The van der Waals surface area contributed by atoms with E-state index in [-0.39, 0.29) is 0 Å². The van der Waals surface area contributed by atoms with Crippen LogP contribution in [0.3, 0.4) is 0 Å². The molecule has 0 aliphatic carbocycles. The molecule has 0 aromatic heterocycles. The van der Waals surface area contributed by atoms with Gasteiger partial charge in [0.15, 0.2) is 0 Å². The second-order valence-corrected chi connectivity index (χ2v) is 4.91. The van der Waals surface area contributed by atoms with Crippen LogP contribution in [0.1, 0.15) is 31.4 Å². The number of hydrogen-bond acceptors (Lipinski definition) is 1. The third-order valence-corrected chi connectivity index (χ3v) is 3.85. The van der Waals surface area contributed by atoms with E-state index < -0.39 is 0 Å². The lowest BCUT2D eigenvalue weighted by molar-refractivity contribution is 0.263. The van der Waals surface area contributed by atoms with E-state index in [1.807, 2.05) is 12.1 Å². The molecule has 1 aliphatic rings. The molecule has 82 valence electrons. The molecule has 0 amide bonds. The van der Waals surface area contributed by atoms with E-state index in [4.69, 9.17) is 23.2 Å². The number of likely N-dealkylation sites (tertiary alicyclic amines) is 1. The quantitative estimate of drug-likeness (QED) is 0.755. The number of nitrogens with zero attached hydrogens (tertiary/aromatic N) is 1. The van der Waals surface area contributed by atoms with Crippen LogP contribution in [0, 0.1) is 0 Å². The van der Waals surface area contributed by atoms with E-state index in [0.29, 0.717) is 16.1 Å². The molecular weight excluding hydrogens is 229 g/mol. The summed E-state index contributed by atoms with van der Waals surface area (Å²) in [6.07, 6.45) is 2.62. The number of hydrogen-bond donors (Lipinski definition) is 0. The third-order valence-electron chi connectivity index (χ3n) is 3.11. The van der Waals surface area contributed by atoms with Gasteiger partial charge in [-0.2, -0.15) is 0 Å². The van der Waals surface area contributed by atoms with Crippen LogP contribution in [0.4, 0.5) is 0 Å². The topological polar surface area (TPSA) is 3.24 Å². The van der Waals surface area contributed by atoms with Gasteiger partial charge in [-0.25, -0.2) is 0 Å². The first-order chi connectivity index (χ1) is 7.18. The monoisotopic (exact) mass is 243 g/mol. The minimum absolute atomic E-state index is 0.447. The van der Waals surface area contributed by atoms with Crippen molar-refractivity contribution in [1.82, 2.24) is 4.90 Å². The molecule has 1 fully saturated rings. The fourth-order valence-corrected chi connectivity index (χ4v) is 2.42. The lowest BCUT2D eigenvalue weighted by Gasteiger charge is -2.24. The van der Waals surface area contributed by atoms with Crippen LogP contribution in [0.5, 0.6) is 0 Å². The van der Waals surface area contributed by atoms with Crippen LogP contribution in [-0.4, -0.2) is 18.0 Å². The van der Waals surface area contributed by atoms with Crippen molar-refractivity contribution in [2.45, 2.75) is 25.8 Å². The Hall–Kier alpha value is -0.240. The Morgan fingerprint density at radius 2 is 1.80 bits per heavy atom. The average Bonchev–Trinajstić information content (AvgIpc) is 2.74. The van der Waals surface area contributed by atoms with E-state index in [1.165, 1.54) is 31.5 Å². The fourth-order valence-electron chi connectivity index (χ4n) is 2.11. The zero-order valence-corrected chi connectivity index (χ0v) is 10.4. The lowest BCUT2D eigenvalue weighted by atomic mass is 10.1. The largest absolute Gasteiger partial charge is 0.297 e. The van der Waals surface area contributed by atoms with Crippen LogP contribution in [0.2, 0.25) is 10.0 Å². The Bertz CT molecular complexity index is 345. The van der Waals surface area contributed by atoms with Crippen molar-refractivity contribution in [3.8, 4) is 0 Å². The molecule has 0 radical (unpaired) electrons. The highest BCUT2D eigenvalue weighted by molar-refractivity contribution is 6.42. The lowest BCUT2D eigenvalue weighted by Crippen LogP contribution is -2.23. The Balaban J connectivity index is 2.17. The van der Waals surface area contributed by atoms with Gasteiger partial charge in [-0.3, -0.25) is 4.90 Å². The number of rotatable bonds is 2. The van der Waals surface area contributed by atoms with Crippen molar-refractivity contribution < 1.29 is 0 Å². The second-order valence-electron chi connectivity index (χ2n) is 4.09. The van der Waals surface area contributed by atoms with Crippen LogP contribution in [0.25, 0.3) is 0 Å². The molecule has 1 saturated heterocycles. The van der Waals surface area contributed by atoms with Gasteiger partial charge in [0.05, 0.1) is 10.0 Å². The molecule has 15 heavy (non-hydrogen) atoms. The molecule has 1 unspecified atom stereocenters. The first-order valence-corrected chi connectivity index (χ1v) is 6.13. The molecule has 0 spiro atoms. The van der Waals surface area contributed by atoms with E-state index in [9.17, 15) is 0 Å². The van der Waals surface area contributed by atoms with Gasteiger partial charge in [-0.1, -0.05) is 29.3 Å². The molecule has 1 heterocycles. The van der Waals surface area contributed by atoms with E-state index >= 15 is 0 Å². The van der Waals surface area contributed by atoms with Gasteiger partial charge in [-0.15, -0.1) is 0 Å². The van der Waals surface area contributed by atoms with Gasteiger partial charge in [-0.05, 0) is 50.6 Å². The van der Waals surface area contributed by atoms with E-state index in [0.717, 1.165) is 0 Å². The van der Waals surface area contributed by atoms with Gasteiger partial charge in [0.2, 0.25) is 0 Å². The molecule has 3 heteroatoms. The van der Waals surface area contributed by atoms with Crippen LogP contribution in [-0.2, 0) is 0 Å². The summed E-state index contributed by atoms with van der Waals surface area (Å²) < 4.78 is 0. The zero-order valence-electron chi connectivity index (χ0n) is 8.84. The minimum atomic E-state index is 0.447. The van der Waals surface area contributed by atoms with E-state index in [2.05, 4.69) is 17.9 Å². The van der Waals surface area contributed by atoms with Crippen molar-refractivity contribution in [3.05, 3.63) is 33.8 Å². The van der Waals surface area contributed by atoms with Crippen molar-refractivity contribution in [3.63, 3.8) is 0 Å². The minimum Gasteiger partial charge on any atom is -0.297 e. The average molecular weight is 244 g/mol. The summed E-state index contributed by atoms with van der Waals surface area (Å²) in [5.74, 6) is 0. The smallest absolute Gasteiger partial charge is 0.0595 e. The Labute approximate surface area is 101 Å². The van der Waals surface area contributed by atoms with Gasteiger partial charge in [0, 0.05) is 6.04 Å². The maximum Gasteiger partial charge on any atom is 0.0595 e. The number of halogens is 2. The summed E-state index contributed by atoms with van der Waals surface area (Å²) in [6.45, 7) is 4.62. The maximum atomic E-state index is 6.01. The SMILES string of the molecule is CC(c1ccc(Cl)c(Cl)c1)N1CCCC1. The maximum absolute atomic E-state index is 6.01. The van der Waals surface area contributed by atoms with Crippen molar-refractivity contribution in [1.29, 1.82) is 0 Å². The molecular formula is C12H15Cl2N. The first-order valence-electron chi connectivity index (χ1n) is 5.37. The Morgan fingerprint density at radius 1 is 1.13 bits per heavy atom. The first kappa shape index (κ1) is 11.3. The van der Waals surface area contributed by atoms with Gasteiger partial charge in [0.1, 0.15) is 0 Å². The van der Waals surface area contributed by atoms with Gasteiger partial charge in [0.25, 0.3) is 0 Å². The van der Waals surface area contributed by atoms with Crippen molar-refractivity contribution >= 4 is 23.2 Å². The summed E-state index contributed by atoms with van der Waals surface area (Å²) in [5, 5.41) is 1.29. The fraction of sp³-hybridized carbons (Fsp3) is 0.500. The molecule has 1 nitrogen and oxygen atoms in total. The molecule has 1 atom stereocenters. The number of benzene rings is 1. The predicted octanol–water partition coefficient (Wildman–Crippen LogP) is 4.15. The highest BCUT2D eigenvalue weighted by Gasteiger charge is 2.19. The molecule has 0 bridgehead atoms. The third kappa shape index (κ3) is 2.47. The predicted molar refractivity (Wildman–Crippen MR) is 65.7 cm³/mol. The molecule has 0 N–H and O–H groups in total. The molecule has 0 saturated carbocycles. The Morgan fingerprint density at radius 3 is 2.40 bits per heavy atom. The van der Waals surface area contributed by atoms with Gasteiger partial charge < -0.3 is 0 Å². The summed E-state index contributed by atoms with van der Waals surface area (Å²) in [6, 6.07) is 6.37. The summed E-state index contributed by atoms with van der Waals surface area (Å²) in [4.78, 5) is 2.49. The van der Waals surface area contributed by atoms with Crippen LogP contribution >= 0.6 is 23.2 Å².